The maximum atomic E-state index is 12.4. The van der Waals surface area contributed by atoms with Gasteiger partial charge in [0, 0.05) is 51.3 Å². The monoisotopic (exact) mass is 412 g/mol. The second kappa shape index (κ2) is 9.30. The minimum Gasteiger partial charge on any atom is -0.444 e. The van der Waals surface area contributed by atoms with Crippen LogP contribution in [0, 0.1) is 6.92 Å². The molecule has 0 aliphatic carbocycles. The van der Waals surface area contributed by atoms with Gasteiger partial charge in [-0.2, -0.15) is 0 Å². The van der Waals surface area contributed by atoms with Crippen molar-refractivity contribution in [1.82, 2.24) is 20.1 Å². The molecule has 3 amide bonds. The molecule has 2 saturated heterocycles. The van der Waals surface area contributed by atoms with Crippen molar-refractivity contribution in [2.24, 2.45) is 0 Å². The maximum absolute atomic E-state index is 12.4. The van der Waals surface area contributed by atoms with E-state index in [4.69, 9.17) is 9.15 Å². The summed E-state index contributed by atoms with van der Waals surface area (Å²) in [5.41, 5.74) is 2.93. The fraction of sp³-hybridized carbons (Fsp3) is 0.500. The third kappa shape index (κ3) is 4.81. The molecule has 30 heavy (non-hydrogen) atoms. The molecule has 1 atom stereocenters. The van der Waals surface area contributed by atoms with E-state index in [-0.39, 0.29) is 18.0 Å². The van der Waals surface area contributed by atoms with Crippen molar-refractivity contribution in [2.45, 2.75) is 32.3 Å². The predicted octanol–water partition coefficient (Wildman–Crippen LogP) is 2.23. The molecular weight excluding hydrogens is 384 g/mol. The van der Waals surface area contributed by atoms with Crippen LogP contribution in [0.2, 0.25) is 0 Å². The molecule has 2 fully saturated rings. The number of hydrogen-bond donors (Lipinski definition) is 1. The third-order valence-corrected chi connectivity index (χ3v) is 5.59. The second-order valence-corrected chi connectivity index (χ2v) is 7.81. The van der Waals surface area contributed by atoms with Crippen LogP contribution >= 0.6 is 0 Å². The number of benzene rings is 1. The van der Waals surface area contributed by atoms with E-state index in [0.717, 1.165) is 24.1 Å². The van der Waals surface area contributed by atoms with Crippen LogP contribution in [0.5, 0.6) is 0 Å². The molecule has 2 aliphatic rings. The number of carbonyl (C=O) groups is 2. The fourth-order valence-electron chi connectivity index (χ4n) is 3.77. The van der Waals surface area contributed by atoms with E-state index < -0.39 is 0 Å². The summed E-state index contributed by atoms with van der Waals surface area (Å²) in [6.45, 7) is 5.35. The summed E-state index contributed by atoms with van der Waals surface area (Å²) in [4.78, 5) is 32.9. The summed E-state index contributed by atoms with van der Waals surface area (Å²) in [5.74, 6) is 0.645. The van der Waals surface area contributed by atoms with Gasteiger partial charge in [-0.05, 0) is 31.9 Å². The van der Waals surface area contributed by atoms with Crippen LogP contribution in [0.4, 0.5) is 4.79 Å². The zero-order chi connectivity index (χ0) is 20.9. The highest BCUT2D eigenvalue weighted by Gasteiger charge is 2.31. The minimum atomic E-state index is -0.294. The SMILES string of the molecule is Cc1ccc(-c2nc(CCNC(=O)N3CCN(C(=O)C4CCCO4)CC3)co2)cc1. The lowest BCUT2D eigenvalue weighted by Crippen LogP contribution is -2.55. The van der Waals surface area contributed by atoms with Gasteiger partial charge in [0.25, 0.3) is 5.91 Å². The van der Waals surface area contributed by atoms with Gasteiger partial charge in [0.05, 0.1) is 5.69 Å². The standard InChI is InChI=1S/C22H28N4O4/c1-16-4-6-17(7-5-16)20-24-18(15-30-20)8-9-23-22(28)26-12-10-25(11-13-26)21(27)19-3-2-14-29-19/h4-7,15,19H,2-3,8-14H2,1H3,(H,23,28). The molecule has 0 saturated carbocycles. The van der Waals surface area contributed by atoms with Crippen molar-refractivity contribution in [2.75, 3.05) is 39.3 Å². The molecule has 0 radical (unpaired) electrons. The van der Waals surface area contributed by atoms with Gasteiger partial charge in [0.2, 0.25) is 5.89 Å². The van der Waals surface area contributed by atoms with Crippen molar-refractivity contribution >= 4 is 11.9 Å². The van der Waals surface area contributed by atoms with E-state index in [1.54, 1.807) is 11.2 Å². The van der Waals surface area contributed by atoms with E-state index in [0.29, 0.717) is 51.6 Å². The molecule has 0 bridgehead atoms. The first kappa shape index (κ1) is 20.4. The quantitative estimate of drug-likeness (QED) is 0.814. The average molecular weight is 412 g/mol. The molecule has 1 N–H and O–H groups in total. The molecule has 0 spiro atoms. The van der Waals surface area contributed by atoms with Gasteiger partial charge in [-0.15, -0.1) is 0 Å². The number of nitrogens with zero attached hydrogens (tertiary/aromatic N) is 3. The lowest BCUT2D eigenvalue weighted by atomic mass is 10.1. The fourth-order valence-corrected chi connectivity index (χ4v) is 3.77. The lowest BCUT2D eigenvalue weighted by Gasteiger charge is -2.35. The van der Waals surface area contributed by atoms with Crippen LogP contribution in [-0.2, 0) is 16.0 Å². The number of rotatable bonds is 5. The summed E-state index contributed by atoms with van der Waals surface area (Å²) in [6.07, 6.45) is 3.68. The van der Waals surface area contributed by atoms with Gasteiger partial charge in [-0.1, -0.05) is 17.7 Å². The van der Waals surface area contributed by atoms with E-state index in [1.165, 1.54) is 5.56 Å². The van der Waals surface area contributed by atoms with Gasteiger partial charge < -0.3 is 24.3 Å². The Kier molecular flexibility index (Phi) is 6.32. The van der Waals surface area contributed by atoms with Crippen LogP contribution in [-0.4, -0.2) is 72.2 Å². The van der Waals surface area contributed by atoms with Crippen LogP contribution in [0.15, 0.2) is 34.9 Å². The minimum absolute atomic E-state index is 0.0583. The Hall–Kier alpha value is -2.87. The van der Waals surface area contributed by atoms with Crippen LogP contribution in [0.25, 0.3) is 11.5 Å². The van der Waals surface area contributed by atoms with Crippen molar-refractivity contribution in [3.63, 3.8) is 0 Å². The van der Waals surface area contributed by atoms with Crippen LogP contribution < -0.4 is 5.32 Å². The van der Waals surface area contributed by atoms with Gasteiger partial charge in [0.1, 0.15) is 12.4 Å². The van der Waals surface area contributed by atoms with Gasteiger partial charge in [-0.3, -0.25) is 4.79 Å². The first-order valence-electron chi connectivity index (χ1n) is 10.5. The number of piperazine rings is 1. The zero-order valence-electron chi connectivity index (χ0n) is 17.3. The largest absolute Gasteiger partial charge is 0.444 e. The number of amides is 3. The number of ether oxygens (including phenoxy) is 1. The number of urea groups is 1. The number of aromatic nitrogens is 1. The number of oxazole rings is 1. The number of aryl methyl sites for hydroxylation is 1. The average Bonchev–Trinajstić information content (AvgIpc) is 3.46. The van der Waals surface area contributed by atoms with Gasteiger partial charge in [0.15, 0.2) is 0 Å². The molecule has 8 nitrogen and oxygen atoms in total. The Morgan fingerprint density at radius 3 is 2.57 bits per heavy atom. The molecule has 3 heterocycles. The highest BCUT2D eigenvalue weighted by atomic mass is 16.5. The molecular formula is C22H28N4O4. The molecule has 1 aromatic carbocycles. The predicted molar refractivity (Wildman–Crippen MR) is 111 cm³/mol. The molecule has 160 valence electrons. The Balaban J connectivity index is 1.19. The van der Waals surface area contributed by atoms with Crippen LogP contribution in [0.3, 0.4) is 0 Å². The molecule has 8 heteroatoms. The number of nitrogens with one attached hydrogen (secondary N) is 1. The first-order chi connectivity index (χ1) is 14.6. The Morgan fingerprint density at radius 1 is 1.13 bits per heavy atom. The highest BCUT2D eigenvalue weighted by Crippen LogP contribution is 2.19. The van der Waals surface area contributed by atoms with E-state index in [9.17, 15) is 9.59 Å². The first-order valence-corrected chi connectivity index (χ1v) is 10.5. The summed E-state index contributed by atoms with van der Waals surface area (Å²) < 4.78 is 11.0. The molecule has 1 aromatic heterocycles. The Labute approximate surface area is 176 Å². The molecule has 4 rings (SSSR count). The summed E-state index contributed by atoms with van der Waals surface area (Å²) >= 11 is 0. The maximum Gasteiger partial charge on any atom is 0.317 e. The van der Waals surface area contributed by atoms with E-state index >= 15 is 0 Å². The van der Waals surface area contributed by atoms with E-state index in [2.05, 4.69) is 10.3 Å². The Morgan fingerprint density at radius 2 is 1.87 bits per heavy atom. The molecule has 1 unspecified atom stereocenters. The van der Waals surface area contributed by atoms with Gasteiger partial charge >= 0.3 is 6.03 Å². The van der Waals surface area contributed by atoms with Crippen molar-refractivity contribution in [1.29, 1.82) is 0 Å². The highest BCUT2D eigenvalue weighted by molar-refractivity contribution is 5.81. The van der Waals surface area contributed by atoms with Crippen LogP contribution in [0.1, 0.15) is 24.1 Å². The molecule has 2 aliphatic heterocycles. The van der Waals surface area contributed by atoms with Crippen molar-refractivity contribution in [3.8, 4) is 11.5 Å². The normalized spacial score (nSPS) is 19.2. The summed E-state index contributed by atoms with van der Waals surface area (Å²) in [7, 11) is 0. The van der Waals surface area contributed by atoms with Crippen molar-refractivity contribution in [3.05, 3.63) is 41.8 Å². The Bertz CT molecular complexity index is 866. The summed E-state index contributed by atoms with van der Waals surface area (Å²) in [5, 5.41) is 2.93. The van der Waals surface area contributed by atoms with E-state index in [1.807, 2.05) is 36.1 Å². The third-order valence-electron chi connectivity index (χ3n) is 5.59. The van der Waals surface area contributed by atoms with Crippen molar-refractivity contribution < 1.29 is 18.7 Å². The zero-order valence-corrected chi connectivity index (χ0v) is 17.3. The second-order valence-electron chi connectivity index (χ2n) is 7.81. The smallest absolute Gasteiger partial charge is 0.317 e. The summed E-state index contributed by atoms with van der Waals surface area (Å²) in [6, 6.07) is 7.90. The number of hydrogen-bond acceptors (Lipinski definition) is 5. The molecule has 2 aromatic rings. The number of carbonyl (C=O) groups excluding carboxylic acids is 2. The van der Waals surface area contributed by atoms with Gasteiger partial charge in [-0.25, -0.2) is 9.78 Å². The lowest BCUT2D eigenvalue weighted by molar-refractivity contribution is -0.142. The topological polar surface area (TPSA) is 87.9 Å².